The Labute approximate surface area is 198 Å². The molecule has 1 amide bonds. The van der Waals surface area contributed by atoms with Crippen LogP contribution >= 0.6 is 24.0 Å². The Morgan fingerprint density at radius 1 is 1.23 bits per heavy atom. The third kappa shape index (κ3) is 9.55. The highest BCUT2D eigenvalue weighted by atomic mass is 127. The number of guanidine groups is 1. The topological polar surface area (TPSA) is 91.1 Å². The average molecular weight is 537 g/mol. The van der Waals surface area contributed by atoms with Crippen LogP contribution in [0.4, 0.5) is 4.79 Å². The van der Waals surface area contributed by atoms with Gasteiger partial charge in [-0.2, -0.15) is 0 Å². The van der Waals surface area contributed by atoms with Crippen molar-refractivity contribution in [1.29, 1.82) is 0 Å². The maximum absolute atomic E-state index is 12.3. The molecule has 0 aromatic carbocycles. The minimum atomic E-state index is -0.532. The summed E-state index contributed by atoms with van der Waals surface area (Å²) < 4.78 is 11.0. The molecule has 1 heterocycles. The summed E-state index contributed by atoms with van der Waals surface area (Å²) in [5.41, 5.74) is -0.961. The van der Waals surface area contributed by atoms with Gasteiger partial charge in [0.25, 0.3) is 0 Å². The van der Waals surface area contributed by atoms with E-state index in [1.807, 2.05) is 47.0 Å². The van der Waals surface area contributed by atoms with Gasteiger partial charge < -0.3 is 25.1 Å². The highest BCUT2D eigenvalue weighted by Gasteiger charge is 2.30. The molecule has 0 bridgehead atoms. The zero-order valence-corrected chi connectivity index (χ0v) is 22.0. The first-order chi connectivity index (χ1) is 13.6. The van der Waals surface area contributed by atoms with Gasteiger partial charge >= 0.3 is 6.09 Å². The van der Waals surface area contributed by atoms with Gasteiger partial charge in [0.15, 0.2) is 5.96 Å². The van der Waals surface area contributed by atoms with Crippen LogP contribution in [0.2, 0.25) is 0 Å². The molecule has 174 valence electrons. The van der Waals surface area contributed by atoms with Gasteiger partial charge in [-0.25, -0.2) is 4.79 Å². The summed E-state index contributed by atoms with van der Waals surface area (Å²) >= 11 is 0. The zero-order valence-electron chi connectivity index (χ0n) is 19.7. The van der Waals surface area contributed by atoms with Crippen LogP contribution in [0.3, 0.4) is 0 Å². The van der Waals surface area contributed by atoms with E-state index >= 15 is 0 Å². The van der Waals surface area contributed by atoms with Crippen molar-refractivity contribution in [3.05, 3.63) is 24.2 Å². The van der Waals surface area contributed by atoms with Crippen molar-refractivity contribution in [1.82, 2.24) is 20.9 Å². The number of nitrogens with one attached hydrogen (secondary N) is 3. The highest BCUT2D eigenvalue weighted by Crippen LogP contribution is 2.18. The number of alkyl carbamates (subject to hydrolysis) is 1. The Bertz CT molecular complexity index is 638. The molecule has 8 nitrogen and oxygen atoms in total. The van der Waals surface area contributed by atoms with Crippen molar-refractivity contribution in [3.63, 3.8) is 0 Å². The molecule has 1 atom stereocenters. The van der Waals surface area contributed by atoms with Gasteiger partial charge in [-0.3, -0.25) is 9.89 Å². The van der Waals surface area contributed by atoms with Crippen LogP contribution in [0, 0.1) is 0 Å². The smallest absolute Gasteiger partial charge is 0.408 e. The van der Waals surface area contributed by atoms with E-state index in [4.69, 9.17) is 9.15 Å². The number of amides is 1. The minimum absolute atomic E-state index is 0. The SMILES string of the molecule is CCC(CC)(CNC(=NC)NCC(c1ccco1)N(C)C)NC(=O)OC(C)(C)C.I. The fourth-order valence-electron chi connectivity index (χ4n) is 2.93. The van der Waals surface area contributed by atoms with E-state index in [0.717, 1.165) is 18.6 Å². The summed E-state index contributed by atoms with van der Waals surface area (Å²) in [6, 6.07) is 3.93. The van der Waals surface area contributed by atoms with E-state index in [0.29, 0.717) is 19.0 Å². The molecule has 0 radical (unpaired) electrons. The molecule has 3 N–H and O–H groups in total. The van der Waals surface area contributed by atoms with Gasteiger partial charge in [0, 0.05) is 20.1 Å². The first kappa shape index (κ1) is 28.5. The summed E-state index contributed by atoms with van der Waals surface area (Å²) in [6.45, 7) is 10.8. The van der Waals surface area contributed by atoms with Crippen LogP contribution in [0.25, 0.3) is 0 Å². The quantitative estimate of drug-likeness (QED) is 0.253. The predicted octanol–water partition coefficient (Wildman–Crippen LogP) is 3.75. The number of halogens is 1. The number of ether oxygens (including phenoxy) is 1. The van der Waals surface area contributed by atoms with Gasteiger partial charge in [0.05, 0.1) is 17.8 Å². The largest absolute Gasteiger partial charge is 0.468 e. The van der Waals surface area contributed by atoms with Crippen molar-refractivity contribution >= 4 is 36.0 Å². The van der Waals surface area contributed by atoms with Gasteiger partial charge in [-0.15, -0.1) is 24.0 Å². The molecule has 30 heavy (non-hydrogen) atoms. The van der Waals surface area contributed by atoms with Crippen LogP contribution in [-0.2, 0) is 4.74 Å². The molecule has 0 spiro atoms. The Kier molecular flexibility index (Phi) is 12.4. The second kappa shape index (κ2) is 13.0. The van der Waals surface area contributed by atoms with Gasteiger partial charge in [0.2, 0.25) is 0 Å². The van der Waals surface area contributed by atoms with Crippen molar-refractivity contribution in [2.45, 2.75) is 64.6 Å². The fraction of sp³-hybridized carbons (Fsp3) is 0.714. The number of likely N-dealkylation sites (N-methyl/N-ethyl adjacent to an activating group) is 1. The summed E-state index contributed by atoms with van der Waals surface area (Å²) in [5.74, 6) is 1.56. The van der Waals surface area contributed by atoms with E-state index in [1.54, 1.807) is 13.3 Å². The monoisotopic (exact) mass is 537 g/mol. The third-order valence-corrected chi connectivity index (χ3v) is 4.90. The molecule has 9 heteroatoms. The molecule has 1 rings (SSSR count). The van der Waals surface area contributed by atoms with Crippen molar-refractivity contribution in [2.75, 3.05) is 34.2 Å². The van der Waals surface area contributed by atoms with Crippen LogP contribution < -0.4 is 16.0 Å². The van der Waals surface area contributed by atoms with E-state index in [9.17, 15) is 4.79 Å². The lowest BCUT2D eigenvalue weighted by Crippen LogP contribution is -2.57. The molecule has 0 saturated heterocycles. The van der Waals surface area contributed by atoms with Crippen molar-refractivity contribution in [3.8, 4) is 0 Å². The average Bonchev–Trinajstić information content (AvgIpc) is 3.15. The summed E-state index contributed by atoms with van der Waals surface area (Å²) in [6.07, 6.45) is 2.80. The molecule has 0 aliphatic heterocycles. The van der Waals surface area contributed by atoms with E-state index in [-0.39, 0.29) is 30.0 Å². The number of furan rings is 1. The Morgan fingerprint density at radius 2 is 1.87 bits per heavy atom. The second-order valence-corrected chi connectivity index (χ2v) is 8.42. The molecule has 0 aliphatic rings. The molecule has 1 unspecified atom stereocenters. The van der Waals surface area contributed by atoms with Crippen LogP contribution in [-0.4, -0.2) is 62.3 Å². The molecule has 0 saturated carbocycles. The summed E-state index contributed by atoms with van der Waals surface area (Å²) in [7, 11) is 5.75. The maximum Gasteiger partial charge on any atom is 0.408 e. The fourth-order valence-corrected chi connectivity index (χ4v) is 2.93. The predicted molar refractivity (Wildman–Crippen MR) is 133 cm³/mol. The number of nitrogens with zero attached hydrogens (tertiary/aromatic N) is 2. The highest BCUT2D eigenvalue weighted by molar-refractivity contribution is 14.0. The van der Waals surface area contributed by atoms with Gasteiger partial charge in [0.1, 0.15) is 11.4 Å². The number of aliphatic imine (C=N–C) groups is 1. The lowest BCUT2D eigenvalue weighted by atomic mass is 9.93. The number of hydrogen-bond acceptors (Lipinski definition) is 5. The van der Waals surface area contributed by atoms with E-state index < -0.39 is 17.2 Å². The van der Waals surface area contributed by atoms with Crippen LogP contribution in [0.1, 0.15) is 59.3 Å². The second-order valence-electron chi connectivity index (χ2n) is 8.42. The van der Waals surface area contributed by atoms with Gasteiger partial charge in [-0.05, 0) is 59.8 Å². The maximum atomic E-state index is 12.3. The zero-order chi connectivity index (χ0) is 22.1. The first-order valence-electron chi connectivity index (χ1n) is 10.2. The third-order valence-electron chi connectivity index (χ3n) is 4.90. The molecular formula is C21H40IN5O3. The number of hydrogen-bond donors (Lipinski definition) is 3. The molecule has 0 fully saturated rings. The van der Waals surface area contributed by atoms with Crippen molar-refractivity contribution < 1.29 is 13.9 Å². The Hall–Kier alpha value is -1.49. The number of carbonyl (C=O) groups is 1. The standard InChI is InChI=1S/C21H39N5O3.HI/c1-9-21(10-2,25-19(27)29-20(3,4)5)15-24-18(22-6)23-14-16(26(7)8)17-12-11-13-28-17;/h11-13,16H,9-10,14-15H2,1-8H3,(H,25,27)(H2,22,23,24);1H. The minimum Gasteiger partial charge on any atom is -0.468 e. The molecule has 0 aliphatic carbocycles. The molecule has 1 aromatic rings. The molecule has 1 aromatic heterocycles. The van der Waals surface area contributed by atoms with E-state index in [1.165, 1.54) is 0 Å². The van der Waals surface area contributed by atoms with Gasteiger partial charge in [-0.1, -0.05) is 13.8 Å². The number of carbonyl (C=O) groups excluding carboxylic acids is 1. The summed E-state index contributed by atoms with van der Waals surface area (Å²) in [4.78, 5) is 18.7. The molecular weight excluding hydrogens is 497 g/mol. The van der Waals surface area contributed by atoms with Crippen LogP contribution in [0.5, 0.6) is 0 Å². The Balaban J connectivity index is 0.00000841. The summed E-state index contributed by atoms with van der Waals surface area (Å²) in [5, 5.41) is 9.73. The Morgan fingerprint density at radius 3 is 2.30 bits per heavy atom. The lowest BCUT2D eigenvalue weighted by molar-refractivity contribution is 0.0448. The normalized spacial score (nSPS) is 13.4. The lowest BCUT2D eigenvalue weighted by Gasteiger charge is -2.34. The first-order valence-corrected chi connectivity index (χ1v) is 10.2. The van der Waals surface area contributed by atoms with Crippen molar-refractivity contribution in [2.24, 2.45) is 4.99 Å². The van der Waals surface area contributed by atoms with E-state index in [2.05, 4.69) is 39.7 Å². The number of rotatable bonds is 9. The van der Waals surface area contributed by atoms with Crippen LogP contribution in [0.15, 0.2) is 27.8 Å².